The lowest BCUT2D eigenvalue weighted by molar-refractivity contribution is 0.0794. The quantitative estimate of drug-likeness (QED) is 0.925. The minimum absolute atomic E-state index is 0.0329. The molecule has 2 aromatic heterocycles. The Bertz CT molecular complexity index is 629. The Hall–Kier alpha value is -1.63. The average Bonchev–Trinajstić information content (AvgIpc) is 3.23. The van der Waals surface area contributed by atoms with Gasteiger partial charge in [-0.15, -0.1) is 0 Å². The molecule has 0 atom stereocenters. The van der Waals surface area contributed by atoms with E-state index in [1.54, 1.807) is 6.26 Å². The van der Waals surface area contributed by atoms with E-state index in [1.165, 1.54) is 18.5 Å². The summed E-state index contributed by atoms with van der Waals surface area (Å²) < 4.78 is 7.50. The third-order valence-electron chi connectivity index (χ3n) is 5.07. The first-order chi connectivity index (χ1) is 11.3. The zero-order chi connectivity index (χ0) is 15.6. The zero-order valence-corrected chi connectivity index (χ0v) is 13.4. The number of aromatic nitrogens is 2. The molecular formula is C17H24N4O2. The second kappa shape index (κ2) is 6.47. The van der Waals surface area contributed by atoms with Crippen LogP contribution in [0, 0.1) is 0 Å². The molecule has 1 N–H and O–H groups in total. The lowest BCUT2D eigenvalue weighted by Gasteiger charge is -2.40. The number of hydrogen-bond acceptors (Lipinski definition) is 5. The molecule has 2 aliphatic heterocycles. The Kier molecular flexibility index (Phi) is 4.20. The van der Waals surface area contributed by atoms with Crippen LogP contribution in [0.2, 0.25) is 0 Å². The minimum atomic E-state index is 0.0329. The van der Waals surface area contributed by atoms with Crippen LogP contribution in [0.4, 0.5) is 0 Å². The van der Waals surface area contributed by atoms with Crippen LogP contribution in [-0.4, -0.2) is 50.4 Å². The van der Waals surface area contributed by atoms with Crippen LogP contribution in [0.5, 0.6) is 0 Å². The molecule has 23 heavy (non-hydrogen) atoms. The molecule has 0 spiro atoms. The first-order valence-corrected chi connectivity index (χ1v) is 8.47. The highest BCUT2D eigenvalue weighted by Crippen LogP contribution is 2.23. The summed E-state index contributed by atoms with van der Waals surface area (Å²) in [6.07, 6.45) is 4.17. The molecule has 0 aliphatic carbocycles. The average molecular weight is 316 g/mol. The third-order valence-corrected chi connectivity index (χ3v) is 5.07. The van der Waals surface area contributed by atoms with Crippen LogP contribution in [0.25, 0.3) is 0 Å². The lowest BCUT2D eigenvalue weighted by atomic mass is 10.0. The zero-order valence-electron chi connectivity index (χ0n) is 13.4. The monoisotopic (exact) mass is 316 g/mol. The summed E-state index contributed by atoms with van der Waals surface area (Å²) in [5.74, 6) is 1.06. The van der Waals surface area contributed by atoms with Crippen molar-refractivity contribution in [3.05, 3.63) is 41.6 Å². The van der Waals surface area contributed by atoms with Crippen LogP contribution < -0.4 is 0 Å². The lowest BCUT2D eigenvalue weighted by Crippen LogP contribution is -2.47. The number of hydrogen-bond donors (Lipinski definition) is 1. The summed E-state index contributed by atoms with van der Waals surface area (Å²) in [4.78, 5) is 5.07. The van der Waals surface area contributed by atoms with Gasteiger partial charge in [-0.3, -0.25) is 14.5 Å². The number of fused-ring (bicyclic) bond motifs is 1. The maximum atomic E-state index is 9.23. The molecular weight excluding hydrogens is 292 g/mol. The summed E-state index contributed by atoms with van der Waals surface area (Å²) in [7, 11) is 0. The van der Waals surface area contributed by atoms with E-state index < -0.39 is 0 Å². The maximum absolute atomic E-state index is 9.23. The van der Waals surface area contributed by atoms with Gasteiger partial charge in [-0.05, 0) is 31.0 Å². The molecule has 0 bridgehead atoms. The van der Waals surface area contributed by atoms with Crippen molar-refractivity contribution >= 4 is 0 Å². The van der Waals surface area contributed by atoms with E-state index in [-0.39, 0.29) is 6.61 Å². The SMILES string of the molecule is OCc1cc2n(n1)CCN(C1CCN(Cc3ccco3)CC1)C2. The highest BCUT2D eigenvalue weighted by atomic mass is 16.3. The fourth-order valence-corrected chi connectivity index (χ4v) is 3.80. The van der Waals surface area contributed by atoms with Gasteiger partial charge in [0.2, 0.25) is 0 Å². The van der Waals surface area contributed by atoms with Crippen molar-refractivity contribution in [1.29, 1.82) is 0 Å². The van der Waals surface area contributed by atoms with Gasteiger partial charge >= 0.3 is 0 Å². The molecule has 4 heterocycles. The predicted octanol–water partition coefficient (Wildman–Crippen LogP) is 1.45. The number of rotatable bonds is 4. The molecule has 2 aliphatic rings. The van der Waals surface area contributed by atoms with Gasteiger partial charge in [-0.1, -0.05) is 0 Å². The van der Waals surface area contributed by atoms with Gasteiger partial charge in [-0.2, -0.15) is 5.10 Å². The van der Waals surface area contributed by atoms with Crippen LogP contribution in [0.3, 0.4) is 0 Å². The van der Waals surface area contributed by atoms with Crippen molar-refractivity contribution in [2.45, 2.75) is 45.1 Å². The second-order valence-corrected chi connectivity index (χ2v) is 6.57. The molecule has 1 saturated heterocycles. The van der Waals surface area contributed by atoms with E-state index in [2.05, 4.69) is 21.0 Å². The maximum Gasteiger partial charge on any atom is 0.117 e. The molecule has 2 aromatic rings. The molecule has 124 valence electrons. The highest BCUT2D eigenvalue weighted by Gasteiger charge is 2.28. The van der Waals surface area contributed by atoms with Crippen LogP contribution >= 0.6 is 0 Å². The number of aliphatic hydroxyl groups excluding tert-OH is 1. The topological polar surface area (TPSA) is 57.7 Å². The number of furan rings is 1. The van der Waals surface area contributed by atoms with Crippen LogP contribution in [0.15, 0.2) is 28.9 Å². The Balaban J connectivity index is 1.32. The molecule has 0 radical (unpaired) electrons. The number of nitrogens with zero attached hydrogens (tertiary/aromatic N) is 4. The van der Waals surface area contributed by atoms with Crippen LogP contribution in [0.1, 0.15) is 30.0 Å². The largest absolute Gasteiger partial charge is 0.468 e. The van der Waals surface area contributed by atoms with E-state index >= 15 is 0 Å². The first kappa shape index (κ1) is 14.9. The van der Waals surface area contributed by atoms with E-state index in [4.69, 9.17) is 4.42 Å². The molecule has 0 saturated carbocycles. The van der Waals surface area contributed by atoms with Crippen LogP contribution in [-0.2, 0) is 26.2 Å². The van der Waals surface area contributed by atoms with Gasteiger partial charge in [0.1, 0.15) is 5.76 Å². The normalized spacial score (nSPS) is 20.7. The van der Waals surface area contributed by atoms with Gasteiger partial charge in [-0.25, -0.2) is 0 Å². The van der Waals surface area contributed by atoms with Gasteiger partial charge in [0, 0.05) is 32.2 Å². The summed E-state index contributed by atoms with van der Waals surface area (Å²) in [6.45, 7) is 6.16. The van der Waals surface area contributed by atoms with Crippen molar-refractivity contribution in [2.75, 3.05) is 19.6 Å². The van der Waals surface area contributed by atoms with Gasteiger partial charge in [0.05, 0.1) is 37.3 Å². The predicted molar refractivity (Wildman–Crippen MR) is 85.6 cm³/mol. The van der Waals surface area contributed by atoms with Gasteiger partial charge in [0.25, 0.3) is 0 Å². The van der Waals surface area contributed by atoms with Crippen molar-refractivity contribution in [3.8, 4) is 0 Å². The third kappa shape index (κ3) is 3.20. The summed E-state index contributed by atoms with van der Waals surface area (Å²) in [5.41, 5.74) is 2.02. The number of aliphatic hydroxyl groups is 1. The summed E-state index contributed by atoms with van der Waals surface area (Å²) >= 11 is 0. The van der Waals surface area contributed by atoms with E-state index in [0.29, 0.717) is 6.04 Å². The summed E-state index contributed by atoms with van der Waals surface area (Å²) in [5, 5.41) is 13.7. The Morgan fingerprint density at radius 1 is 1.22 bits per heavy atom. The Labute approximate surface area is 136 Å². The number of piperidine rings is 1. The first-order valence-electron chi connectivity index (χ1n) is 8.47. The van der Waals surface area contributed by atoms with E-state index in [1.807, 2.05) is 16.8 Å². The fraction of sp³-hybridized carbons (Fsp3) is 0.588. The van der Waals surface area contributed by atoms with Crippen molar-refractivity contribution in [2.24, 2.45) is 0 Å². The van der Waals surface area contributed by atoms with Crippen molar-refractivity contribution in [1.82, 2.24) is 19.6 Å². The molecule has 6 nitrogen and oxygen atoms in total. The van der Waals surface area contributed by atoms with Gasteiger partial charge in [0.15, 0.2) is 0 Å². The van der Waals surface area contributed by atoms with E-state index in [0.717, 1.165) is 50.7 Å². The standard InChI is InChI=1S/C17H24N4O2/c22-13-14-10-16-11-20(7-8-21(16)18-14)15-3-5-19(6-4-15)12-17-2-1-9-23-17/h1-2,9-10,15,22H,3-8,11-13H2. The smallest absolute Gasteiger partial charge is 0.117 e. The molecule has 0 aromatic carbocycles. The minimum Gasteiger partial charge on any atom is -0.468 e. The molecule has 6 heteroatoms. The van der Waals surface area contributed by atoms with E-state index in [9.17, 15) is 5.11 Å². The Morgan fingerprint density at radius 3 is 2.83 bits per heavy atom. The highest BCUT2D eigenvalue weighted by molar-refractivity contribution is 5.11. The second-order valence-electron chi connectivity index (χ2n) is 6.57. The Morgan fingerprint density at radius 2 is 2.09 bits per heavy atom. The van der Waals surface area contributed by atoms with Crippen molar-refractivity contribution in [3.63, 3.8) is 0 Å². The molecule has 0 unspecified atom stereocenters. The summed E-state index contributed by atoms with van der Waals surface area (Å²) in [6, 6.07) is 6.71. The number of likely N-dealkylation sites (tertiary alicyclic amines) is 1. The molecule has 4 rings (SSSR count). The van der Waals surface area contributed by atoms with Crippen molar-refractivity contribution < 1.29 is 9.52 Å². The fourth-order valence-electron chi connectivity index (χ4n) is 3.80. The van der Waals surface area contributed by atoms with Gasteiger partial charge < -0.3 is 9.52 Å². The molecule has 1 fully saturated rings. The molecule has 0 amide bonds.